The lowest BCUT2D eigenvalue weighted by Gasteiger charge is -2.28. The zero-order valence-electron chi connectivity index (χ0n) is 12.4. The molecule has 0 radical (unpaired) electrons. The summed E-state index contributed by atoms with van der Waals surface area (Å²) in [5.41, 5.74) is 0. The second-order valence-electron chi connectivity index (χ2n) is 5.13. The molecule has 0 aromatic rings. The minimum atomic E-state index is -0.0846. The van der Waals surface area contributed by atoms with Gasteiger partial charge in [0, 0.05) is 20.1 Å². The molecular weight excluding hydrogens is 244 g/mol. The summed E-state index contributed by atoms with van der Waals surface area (Å²) in [6, 6.07) is 0. The lowest BCUT2D eigenvalue weighted by atomic mass is 9.95. The lowest BCUT2D eigenvalue weighted by molar-refractivity contribution is -0.143. The monoisotopic (exact) mass is 272 g/mol. The molecule has 4 heteroatoms. The number of esters is 1. The topological polar surface area (TPSA) is 44.8 Å². The molecular formula is C15H28O4. The number of hydrogen-bond donors (Lipinski definition) is 0. The summed E-state index contributed by atoms with van der Waals surface area (Å²) >= 11 is 0. The maximum Gasteiger partial charge on any atom is 0.305 e. The van der Waals surface area contributed by atoms with Crippen LogP contribution in [0.2, 0.25) is 0 Å². The maximum absolute atomic E-state index is 11.1. The molecule has 1 saturated carbocycles. The van der Waals surface area contributed by atoms with Crippen molar-refractivity contribution in [2.75, 3.05) is 20.3 Å². The van der Waals surface area contributed by atoms with Crippen LogP contribution in [-0.2, 0) is 19.0 Å². The van der Waals surface area contributed by atoms with Gasteiger partial charge in [0.25, 0.3) is 0 Å². The van der Waals surface area contributed by atoms with Crippen LogP contribution in [0.4, 0.5) is 0 Å². The standard InChI is InChI=1S/C15H28O4/c1-3-18-15(16)10-5-4-6-11-19-14-9-7-8-13(12-14)17-2/h13-14H,3-12H2,1-2H3. The number of ether oxygens (including phenoxy) is 3. The molecule has 0 aliphatic heterocycles. The van der Waals surface area contributed by atoms with Crippen LogP contribution in [0.15, 0.2) is 0 Å². The molecule has 0 aromatic carbocycles. The van der Waals surface area contributed by atoms with E-state index in [0.717, 1.165) is 45.1 Å². The summed E-state index contributed by atoms with van der Waals surface area (Å²) in [6.07, 6.45) is 8.76. The van der Waals surface area contributed by atoms with Crippen LogP contribution in [0.1, 0.15) is 58.3 Å². The van der Waals surface area contributed by atoms with E-state index in [1.165, 1.54) is 6.42 Å². The van der Waals surface area contributed by atoms with E-state index in [9.17, 15) is 4.79 Å². The molecule has 1 aliphatic rings. The van der Waals surface area contributed by atoms with E-state index < -0.39 is 0 Å². The smallest absolute Gasteiger partial charge is 0.305 e. The van der Waals surface area contributed by atoms with Gasteiger partial charge in [-0.25, -0.2) is 0 Å². The van der Waals surface area contributed by atoms with Crippen LogP contribution in [0.3, 0.4) is 0 Å². The summed E-state index contributed by atoms with van der Waals surface area (Å²) in [6.45, 7) is 3.11. The molecule has 19 heavy (non-hydrogen) atoms. The normalized spacial score (nSPS) is 23.3. The van der Waals surface area contributed by atoms with Crippen LogP contribution in [0.5, 0.6) is 0 Å². The number of carbonyl (C=O) groups is 1. The Kier molecular flexibility index (Phi) is 8.84. The average molecular weight is 272 g/mol. The van der Waals surface area contributed by atoms with Crippen molar-refractivity contribution in [3.63, 3.8) is 0 Å². The molecule has 0 saturated heterocycles. The van der Waals surface area contributed by atoms with Gasteiger partial charge in [0.2, 0.25) is 0 Å². The fraction of sp³-hybridized carbons (Fsp3) is 0.933. The number of carbonyl (C=O) groups excluding carboxylic acids is 1. The van der Waals surface area contributed by atoms with E-state index in [-0.39, 0.29) is 5.97 Å². The van der Waals surface area contributed by atoms with Crippen molar-refractivity contribution in [2.24, 2.45) is 0 Å². The van der Waals surface area contributed by atoms with Crippen molar-refractivity contribution < 1.29 is 19.0 Å². The number of hydrogen-bond acceptors (Lipinski definition) is 4. The molecule has 4 nitrogen and oxygen atoms in total. The minimum absolute atomic E-state index is 0.0846. The van der Waals surface area contributed by atoms with Crippen LogP contribution in [0, 0.1) is 0 Å². The van der Waals surface area contributed by atoms with Crippen molar-refractivity contribution in [3.8, 4) is 0 Å². The first-order chi connectivity index (χ1) is 9.26. The van der Waals surface area contributed by atoms with Crippen LogP contribution in [0.25, 0.3) is 0 Å². The van der Waals surface area contributed by atoms with Gasteiger partial charge >= 0.3 is 5.97 Å². The van der Waals surface area contributed by atoms with Gasteiger partial charge in [0.15, 0.2) is 0 Å². The Morgan fingerprint density at radius 1 is 1.16 bits per heavy atom. The average Bonchev–Trinajstić information content (AvgIpc) is 2.43. The molecule has 2 unspecified atom stereocenters. The Morgan fingerprint density at radius 3 is 2.68 bits per heavy atom. The van der Waals surface area contributed by atoms with Gasteiger partial charge in [0.1, 0.15) is 0 Å². The fourth-order valence-corrected chi connectivity index (χ4v) is 2.50. The van der Waals surface area contributed by atoms with Gasteiger partial charge in [-0.2, -0.15) is 0 Å². The van der Waals surface area contributed by atoms with Gasteiger partial charge in [-0.05, 0) is 45.4 Å². The molecule has 0 N–H and O–H groups in total. The summed E-state index contributed by atoms with van der Waals surface area (Å²) < 4.78 is 16.1. The first-order valence-electron chi connectivity index (χ1n) is 7.56. The van der Waals surface area contributed by atoms with E-state index in [0.29, 0.717) is 25.2 Å². The van der Waals surface area contributed by atoms with Crippen molar-refractivity contribution in [1.29, 1.82) is 0 Å². The van der Waals surface area contributed by atoms with Crippen molar-refractivity contribution in [2.45, 2.75) is 70.5 Å². The molecule has 112 valence electrons. The van der Waals surface area contributed by atoms with E-state index in [4.69, 9.17) is 14.2 Å². The fourth-order valence-electron chi connectivity index (χ4n) is 2.50. The molecule has 0 aromatic heterocycles. The van der Waals surface area contributed by atoms with Gasteiger partial charge in [-0.3, -0.25) is 4.79 Å². The van der Waals surface area contributed by atoms with Crippen molar-refractivity contribution in [1.82, 2.24) is 0 Å². The summed E-state index contributed by atoms with van der Waals surface area (Å²) in [4.78, 5) is 11.1. The van der Waals surface area contributed by atoms with Gasteiger partial charge in [-0.1, -0.05) is 6.42 Å². The van der Waals surface area contributed by atoms with Crippen LogP contribution < -0.4 is 0 Å². The molecule has 1 rings (SSSR count). The minimum Gasteiger partial charge on any atom is -0.466 e. The Hall–Kier alpha value is -0.610. The predicted octanol–water partition coefficient (Wildman–Crippen LogP) is 3.08. The zero-order chi connectivity index (χ0) is 13.9. The first kappa shape index (κ1) is 16.4. The summed E-state index contributed by atoms with van der Waals surface area (Å²) in [7, 11) is 1.78. The number of rotatable bonds is 9. The Labute approximate surface area is 116 Å². The molecule has 2 atom stereocenters. The number of unbranched alkanes of at least 4 members (excludes halogenated alkanes) is 2. The highest BCUT2D eigenvalue weighted by molar-refractivity contribution is 5.69. The van der Waals surface area contributed by atoms with Gasteiger partial charge in [0.05, 0.1) is 18.8 Å². The van der Waals surface area contributed by atoms with E-state index in [2.05, 4.69) is 0 Å². The highest BCUT2D eigenvalue weighted by atomic mass is 16.5. The van der Waals surface area contributed by atoms with E-state index in [1.807, 2.05) is 6.92 Å². The molecule has 0 spiro atoms. The van der Waals surface area contributed by atoms with Crippen LogP contribution in [-0.4, -0.2) is 38.5 Å². The third-order valence-electron chi connectivity index (χ3n) is 3.60. The third-order valence-corrected chi connectivity index (χ3v) is 3.60. The first-order valence-corrected chi connectivity index (χ1v) is 7.56. The maximum atomic E-state index is 11.1. The largest absolute Gasteiger partial charge is 0.466 e. The van der Waals surface area contributed by atoms with Crippen LogP contribution >= 0.6 is 0 Å². The predicted molar refractivity (Wildman–Crippen MR) is 74.1 cm³/mol. The van der Waals surface area contributed by atoms with E-state index in [1.54, 1.807) is 7.11 Å². The second kappa shape index (κ2) is 10.2. The molecule has 1 aliphatic carbocycles. The lowest BCUT2D eigenvalue weighted by Crippen LogP contribution is -2.27. The quantitative estimate of drug-likeness (QED) is 0.478. The van der Waals surface area contributed by atoms with Gasteiger partial charge < -0.3 is 14.2 Å². The molecule has 0 amide bonds. The highest BCUT2D eigenvalue weighted by Crippen LogP contribution is 2.23. The van der Waals surface area contributed by atoms with Crippen molar-refractivity contribution >= 4 is 5.97 Å². The molecule has 1 fully saturated rings. The summed E-state index contributed by atoms with van der Waals surface area (Å²) in [5, 5.41) is 0. The zero-order valence-corrected chi connectivity index (χ0v) is 12.4. The van der Waals surface area contributed by atoms with E-state index >= 15 is 0 Å². The molecule has 0 bridgehead atoms. The Bertz CT molecular complexity index is 242. The van der Waals surface area contributed by atoms with Gasteiger partial charge in [-0.15, -0.1) is 0 Å². The highest BCUT2D eigenvalue weighted by Gasteiger charge is 2.21. The number of methoxy groups -OCH3 is 1. The Morgan fingerprint density at radius 2 is 1.95 bits per heavy atom. The Balaban J connectivity index is 1.94. The summed E-state index contributed by atoms with van der Waals surface area (Å²) in [5.74, 6) is -0.0846. The molecule has 0 heterocycles. The SMILES string of the molecule is CCOC(=O)CCCCCOC1CCCC(OC)C1. The second-order valence-corrected chi connectivity index (χ2v) is 5.13. The third kappa shape index (κ3) is 7.53. The van der Waals surface area contributed by atoms with Crippen molar-refractivity contribution in [3.05, 3.63) is 0 Å².